The van der Waals surface area contributed by atoms with E-state index in [4.69, 9.17) is 14.2 Å². The average Bonchev–Trinajstić information content (AvgIpc) is 2.89. The molecule has 0 saturated carbocycles. The highest BCUT2D eigenvalue weighted by Crippen LogP contribution is 2.33. The van der Waals surface area contributed by atoms with Gasteiger partial charge in [-0.3, -0.25) is 9.59 Å². The SMILES string of the molecule is COc1cc2c(cc1OC)CN(C(=O)COc1cccc(C(=O)NCc3ccccc3)c1)CC2. The number of carbonyl (C=O) groups is 2. The molecule has 0 aromatic heterocycles. The standard InChI is InChI=1S/C27H28N2O5/c1-32-24-14-20-11-12-29(17-22(20)15-25(24)33-2)26(30)18-34-23-10-6-9-21(13-23)27(31)28-16-19-7-4-3-5-8-19/h3-10,13-15H,11-12,16-18H2,1-2H3,(H,28,31). The van der Waals surface area contributed by atoms with Crippen molar-refractivity contribution < 1.29 is 23.8 Å². The molecule has 1 heterocycles. The molecule has 1 N–H and O–H groups in total. The summed E-state index contributed by atoms with van der Waals surface area (Å²) in [5, 5.41) is 2.90. The van der Waals surface area contributed by atoms with E-state index in [0.717, 1.165) is 23.1 Å². The number of nitrogens with zero attached hydrogens (tertiary/aromatic N) is 1. The Morgan fingerprint density at radius 3 is 2.38 bits per heavy atom. The fourth-order valence-electron chi connectivity index (χ4n) is 3.94. The number of fused-ring (bicyclic) bond motifs is 1. The summed E-state index contributed by atoms with van der Waals surface area (Å²) in [6, 6.07) is 20.5. The first-order valence-electron chi connectivity index (χ1n) is 11.1. The van der Waals surface area contributed by atoms with Crippen LogP contribution in [0.4, 0.5) is 0 Å². The molecule has 176 valence electrons. The molecule has 0 bridgehead atoms. The Hall–Kier alpha value is -4.00. The average molecular weight is 461 g/mol. The molecule has 0 fully saturated rings. The number of hydrogen-bond acceptors (Lipinski definition) is 5. The molecule has 0 aliphatic carbocycles. The zero-order chi connectivity index (χ0) is 23.9. The molecular formula is C27H28N2O5. The van der Waals surface area contributed by atoms with Crippen molar-refractivity contribution >= 4 is 11.8 Å². The molecule has 3 aromatic rings. The van der Waals surface area contributed by atoms with Crippen LogP contribution in [0.25, 0.3) is 0 Å². The second-order valence-corrected chi connectivity index (χ2v) is 8.03. The molecule has 0 radical (unpaired) electrons. The Morgan fingerprint density at radius 1 is 0.912 bits per heavy atom. The molecule has 1 aliphatic rings. The zero-order valence-electron chi connectivity index (χ0n) is 19.4. The monoisotopic (exact) mass is 460 g/mol. The molecule has 3 aromatic carbocycles. The summed E-state index contributed by atoms with van der Waals surface area (Å²) in [6.07, 6.45) is 0.735. The predicted octanol–water partition coefficient (Wildman–Crippen LogP) is 3.60. The topological polar surface area (TPSA) is 77.1 Å². The number of ether oxygens (including phenoxy) is 3. The van der Waals surface area contributed by atoms with E-state index >= 15 is 0 Å². The minimum absolute atomic E-state index is 0.0995. The van der Waals surface area contributed by atoms with Crippen molar-refractivity contribution in [1.82, 2.24) is 10.2 Å². The van der Waals surface area contributed by atoms with Gasteiger partial charge in [0.05, 0.1) is 14.2 Å². The Bertz CT molecular complexity index is 1160. The first-order valence-corrected chi connectivity index (χ1v) is 11.1. The van der Waals surface area contributed by atoms with Gasteiger partial charge in [0.15, 0.2) is 18.1 Å². The molecule has 4 rings (SSSR count). The highest BCUT2D eigenvalue weighted by molar-refractivity contribution is 5.94. The lowest BCUT2D eigenvalue weighted by Gasteiger charge is -2.29. The fraction of sp³-hybridized carbons (Fsp3) is 0.259. The van der Waals surface area contributed by atoms with Gasteiger partial charge in [0.25, 0.3) is 11.8 Å². The normalized spacial score (nSPS) is 12.5. The Kier molecular flexibility index (Phi) is 7.32. The Morgan fingerprint density at radius 2 is 1.65 bits per heavy atom. The molecule has 0 unspecified atom stereocenters. The van der Waals surface area contributed by atoms with E-state index in [9.17, 15) is 9.59 Å². The lowest BCUT2D eigenvalue weighted by Crippen LogP contribution is -2.38. The van der Waals surface area contributed by atoms with Crippen LogP contribution in [-0.4, -0.2) is 44.1 Å². The lowest BCUT2D eigenvalue weighted by atomic mass is 9.99. The van der Waals surface area contributed by atoms with Crippen LogP contribution in [0.5, 0.6) is 17.2 Å². The third kappa shape index (κ3) is 5.49. The van der Waals surface area contributed by atoms with Crippen LogP contribution in [0.15, 0.2) is 66.7 Å². The van der Waals surface area contributed by atoms with Gasteiger partial charge in [-0.15, -0.1) is 0 Å². The van der Waals surface area contributed by atoms with Crippen molar-refractivity contribution in [2.24, 2.45) is 0 Å². The number of hydrogen-bond donors (Lipinski definition) is 1. The van der Waals surface area contributed by atoms with Crippen LogP contribution >= 0.6 is 0 Å². The number of methoxy groups -OCH3 is 2. The molecule has 7 nitrogen and oxygen atoms in total. The second-order valence-electron chi connectivity index (χ2n) is 8.03. The maximum absolute atomic E-state index is 12.8. The van der Waals surface area contributed by atoms with Crippen LogP contribution in [0.1, 0.15) is 27.0 Å². The minimum Gasteiger partial charge on any atom is -0.493 e. The molecule has 1 aliphatic heterocycles. The molecule has 7 heteroatoms. The molecular weight excluding hydrogens is 432 g/mol. The van der Waals surface area contributed by atoms with E-state index in [0.29, 0.717) is 42.4 Å². The van der Waals surface area contributed by atoms with Gasteiger partial charge in [-0.05, 0) is 53.4 Å². The van der Waals surface area contributed by atoms with Crippen LogP contribution in [-0.2, 0) is 24.3 Å². The van der Waals surface area contributed by atoms with E-state index in [1.165, 1.54) is 0 Å². The molecule has 0 spiro atoms. The Balaban J connectivity index is 1.33. The van der Waals surface area contributed by atoms with Crippen molar-refractivity contribution in [3.8, 4) is 17.2 Å². The summed E-state index contributed by atoms with van der Waals surface area (Å²) >= 11 is 0. The van der Waals surface area contributed by atoms with Gasteiger partial charge in [0.2, 0.25) is 0 Å². The summed E-state index contributed by atoms with van der Waals surface area (Å²) in [5.74, 6) is 1.51. The van der Waals surface area contributed by atoms with Crippen LogP contribution in [0.3, 0.4) is 0 Å². The van der Waals surface area contributed by atoms with E-state index in [1.807, 2.05) is 42.5 Å². The highest BCUT2D eigenvalue weighted by Gasteiger charge is 2.23. The summed E-state index contributed by atoms with van der Waals surface area (Å²) < 4.78 is 16.5. The number of benzene rings is 3. The van der Waals surface area contributed by atoms with Crippen LogP contribution in [0, 0.1) is 0 Å². The van der Waals surface area contributed by atoms with Gasteiger partial charge >= 0.3 is 0 Å². The molecule has 34 heavy (non-hydrogen) atoms. The van der Waals surface area contributed by atoms with E-state index in [1.54, 1.807) is 43.4 Å². The largest absolute Gasteiger partial charge is 0.493 e. The highest BCUT2D eigenvalue weighted by atomic mass is 16.5. The second kappa shape index (κ2) is 10.7. The van der Waals surface area contributed by atoms with Crippen LogP contribution in [0.2, 0.25) is 0 Å². The maximum Gasteiger partial charge on any atom is 0.260 e. The molecule has 0 saturated heterocycles. The molecule has 0 atom stereocenters. The number of carbonyl (C=O) groups excluding carboxylic acids is 2. The third-order valence-corrected chi connectivity index (χ3v) is 5.83. The van der Waals surface area contributed by atoms with E-state index in [2.05, 4.69) is 5.32 Å². The van der Waals surface area contributed by atoms with Gasteiger partial charge < -0.3 is 24.4 Å². The van der Waals surface area contributed by atoms with Gasteiger partial charge in [0.1, 0.15) is 5.75 Å². The quantitative estimate of drug-likeness (QED) is 0.556. The summed E-state index contributed by atoms with van der Waals surface area (Å²) in [4.78, 5) is 27.1. The summed E-state index contributed by atoms with van der Waals surface area (Å²) in [7, 11) is 3.21. The molecule has 2 amide bonds. The van der Waals surface area contributed by atoms with Crippen molar-refractivity contribution in [1.29, 1.82) is 0 Å². The predicted molar refractivity (Wildman–Crippen MR) is 128 cm³/mol. The maximum atomic E-state index is 12.8. The van der Waals surface area contributed by atoms with Crippen molar-refractivity contribution in [3.63, 3.8) is 0 Å². The summed E-state index contributed by atoms with van der Waals surface area (Å²) in [5.41, 5.74) is 3.69. The third-order valence-electron chi connectivity index (χ3n) is 5.83. The van der Waals surface area contributed by atoms with Gasteiger partial charge in [0, 0.05) is 25.2 Å². The van der Waals surface area contributed by atoms with Gasteiger partial charge in [-0.25, -0.2) is 0 Å². The fourth-order valence-corrected chi connectivity index (χ4v) is 3.94. The number of rotatable bonds is 8. The first-order chi connectivity index (χ1) is 16.6. The smallest absolute Gasteiger partial charge is 0.260 e. The number of amides is 2. The minimum atomic E-state index is -0.197. The van der Waals surface area contributed by atoms with Crippen molar-refractivity contribution in [3.05, 3.63) is 89.0 Å². The van der Waals surface area contributed by atoms with Gasteiger partial charge in [-0.1, -0.05) is 36.4 Å². The van der Waals surface area contributed by atoms with Gasteiger partial charge in [-0.2, -0.15) is 0 Å². The van der Waals surface area contributed by atoms with Crippen molar-refractivity contribution in [2.75, 3.05) is 27.4 Å². The Labute approximate surface area is 199 Å². The van der Waals surface area contributed by atoms with Crippen molar-refractivity contribution in [2.45, 2.75) is 19.5 Å². The van der Waals surface area contributed by atoms with Crippen LogP contribution < -0.4 is 19.5 Å². The zero-order valence-corrected chi connectivity index (χ0v) is 19.4. The number of nitrogens with one attached hydrogen (secondary N) is 1. The lowest BCUT2D eigenvalue weighted by molar-refractivity contribution is -0.134. The first kappa shape index (κ1) is 23.2. The van der Waals surface area contributed by atoms with E-state index in [-0.39, 0.29) is 18.4 Å². The summed E-state index contributed by atoms with van der Waals surface area (Å²) in [6.45, 7) is 1.43. The van der Waals surface area contributed by atoms with E-state index < -0.39 is 0 Å².